The Morgan fingerprint density at radius 3 is 0.587 bits per heavy atom. The Labute approximate surface area is 736 Å². The maximum absolute atomic E-state index is 8.63. The Morgan fingerprint density at radius 2 is 0.405 bits per heavy atom. The predicted molar refractivity (Wildman–Crippen MR) is 528 cm³/mol. The van der Waals surface area contributed by atoms with Gasteiger partial charge in [-0.3, -0.25) is 0 Å². The third-order valence-corrected chi connectivity index (χ3v) is 20.9. The van der Waals surface area contributed by atoms with Crippen LogP contribution in [0.4, 0.5) is 5.69 Å². The van der Waals surface area contributed by atoms with Gasteiger partial charge in [0.05, 0.1) is 0 Å². The zero-order chi connectivity index (χ0) is 89.8. The molecule has 0 amide bonds. The molecule has 18 rings (SSSR count). The van der Waals surface area contributed by atoms with Gasteiger partial charge in [0, 0.05) is 5.69 Å². The molecular weight excluding hydrogens is 1480 g/mol. The van der Waals surface area contributed by atoms with Crippen molar-refractivity contribution < 1.29 is 30.6 Å². The summed E-state index contributed by atoms with van der Waals surface area (Å²) in [6, 6.07) is 104. The number of phenols is 6. The first kappa shape index (κ1) is 108. The van der Waals surface area contributed by atoms with Gasteiger partial charge in [0.25, 0.3) is 0 Å². The molecule has 6 aliphatic carbocycles. The van der Waals surface area contributed by atoms with E-state index < -0.39 is 0 Å². The minimum Gasteiger partial charge on any atom is -0.508 e. The van der Waals surface area contributed by atoms with E-state index >= 15 is 0 Å². The van der Waals surface area contributed by atoms with Crippen LogP contribution in [0.5, 0.6) is 34.5 Å². The Balaban J connectivity index is 0.000000662. The molecule has 8 unspecified atom stereocenters. The summed E-state index contributed by atoms with van der Waals surface area (Å²) in [5.41, 5.74) is 20.9. The minimum atomic E-state index is 0.322. The summed E-state index contributed by atoms with van der Waals surface area (Å²) in [5, 5.41) is 51.8. The van der Waals surface area contributed by atoms with E-state index in [1.165, 1.54) is 115 Å². The van der Waals surface area contributed by atoms with Gasteiger partial charge in [-0.25, -0.2) is 0 Å². The quantitative estimate of drug-likeness (QED) is 0.0849. The number of anilines is 1. The lowest BCUT2D eigenvalue weighted by atomic mass is 9.82. The molecule has 6 fully saturated rings. The van der Waals surface area contributed by atoms with Gasteiger partial charge < -0.3 is 36.4 Å². The first-order valence-electron chi connectivity index (χ1n) is 45.6. The second-order valence-corrected chi connectivity index (χ2v) is 29.5. The molecule has 12 aromatic rings. The van der Waals surface area contributed by atoms with E-state index in [1.807, 2.05) is 132 Å². The zero-order valence-electron chi connectivity index (χ0n) is 77.7. The lowest BCUT2D eigenvalue weighted by molar-refractivity contribution is 0.259. The zero-order valence-corrected chi connectivity index (χ0v) is 77.7. The average Bonchev–Trinajstić information content (AvgIpc) is 1.63. The molecule has 12 aromatic carbocycles. The fraction of sp³-hybridized carbons (Fsp3) is 0.368. The van der Waals surface area contributed by atoms with Crippen LogP contribution >= 0.6 is 0 Å². The lowest BCUT2D eigenvalue weighted by Crippen LogP contribution is -2.15. The number of benzene rings is 12. The highest BCUT2D eigenvalue weighted by Gasteiger charge is 2.50. The molecule has 0 heterocycles. The van der Waals surface area contributed by atoms with Gasteiger partial charge in [-0.2, -0.15) is 0 Å². The van der Waals surface area contributed by atoms with Gasteiger partial charge >= 0.3 is 0 Å². The predicted octanol–water partition coefficient (Wildman–Crippen LogP) is 33.0. The lowest BCUT2D eigenvalue weighted by Gasteiger charge is -2.23. The molecule has 6 aliphatic rings. The molecule has 654 valence electrons. The van der Waals surface area contributed by atoms with E-state index in [9.17, 15) is 0 Å². The summed E-state index contributed by atoms with van der Waals surface area (Å²) in [6.07, 6.45) is 22.4. The minimum absolute atomic E-state index is 0.322. The van der Waals surface area contributed by atoms with Crippen molar-refractivity contribution >= 4 is 5.69 Å². The van der Waals surface area contributed by atoms with Crippen molar-refractivity contribution in [1.29, 1.82) is 0 Å². The molecule has 0 aromatic heterocycles. The van der Waals surface area contributed by atoms with Crippen molar-refractivity contribution in [1.82, 2.24) is 0 Å². The normalized spacial score (nSPS) is 16.7. The molecule has 7 nitrogen and oxygen atoms in total. The average molecular weight is 1640 g/mol. The molecule has 0 aliphatic heterocycles. The van der Waals surface area contributed by atoms with Crippen LogP contribution in [0, 0.1) is 75.0 Å². The Kier molecular flexibility index (Phi) is 61.7. The molecule has 6 saturated carbocycles. The van der Waals surface area contributed by atoms with Crippen LogP contribution in [0.15, 0.2) is 328 Å². The summed E-state index contributed by atoms with van der Waals surface area (Å²) in [6.45, 7) is 38.9. The van der Waals surface area contributed by atoms with Crippen LogP contribution in [0.1, 0.15) is 226 Å². The van der Waals surface area contributed by atoms with E-state index in [0.717, 1.165) is 18.5 Å². The van der Waals surface area contributed by atoms with Crippen molar-refractivity contribution in [2.75, 3.05) is 5.73 Å². The monoisotopic (exact) mass is 1640 g/mol. The number of hydrogen-bond acceptors (Lipinski definition) is 7. The molecule has 0 spiro atoms. The topological polar surface area (TPSA) is 147 Å². The third-order valence-electron chi connectivity index (χ3n) is 20.9. The largest absolute Gasteiger partial charge is 0.508 e. The maximum Gasteiger partial charge on any atom is 0.115 e. The van der Waals surface area contributed by atoms with Crippen LogP contribution in [0.25, 0.3) is 22.3 Å². The fourth-order valence-corrected chi connectivity index (χ4v) is 15.4. The third kappa shape index (κ3) is 46.0. The SMILES string of the molecule is C1CC2C3CCC(C3)C2C1.C1CC2C3CCC(C3)C2C1.CC.CC.CC.CC.CC.CC.CCC.CCc1ccc(-c2ccc(C)cc2)cc1.Cc1ccc(-c2ccc(C)cc2)cc1.Cc1ccc(Cc2ccc(N)cc2)cc1.Oc1ccccc1.Oc1ccccc1.Oc1ccccc1.Oc1ccccc1.Oc1ccccc1.Oc1ccccc1. The molecule has 0 radical (unpaired) electrons. The number of para-hydroxylation sites is 6. The standard InChI is InChI=1S/C15H16.C14H15N.C14H14.2C10H16.6C6H6O.C3H8.6C2H6/c1-3-13-6-10-15(11-7-13)14-8-4-12(2)5-9-14;1-11-2-4-12(5-3-11)10-13-6-8-14(15)9-7-13;1-11-3-7-13(8-4-11)14-9-5-12(2)6-10-14;2*1-2-9-7-4-5-8(6-7)10(9)3-1;6*7-6-4-2-1-3-5-6;1-3-2;6*1-2/h4-11H,3H2,1-2H3;2-9H,10,15H2,1H3;3-10H,1-2H3;2*7-10H,1-6H2;6*1-5,7H;3H2,1-2H3;6*1-2H3. The van der Waals surface area contributed by atoms with Crippen molar-refractivity contribution in [3.8, 4) is 56.8 Å². The Hall–Kier alpha value is -10.8. The molecule has 4 bridgehead atoms. The smallest absolute Gasteiger partial charge is 0.115 e. The molecule has 121 heavy (non-hydrogen) atoms. The van der Waals surface area contributed by atoms with Crippen LogP contribution in [0.2, 0.25) is 0 Å². The first-order chi connectivity index (χ1) is 59.0. The van der Waals surface area contributed by atoms with Crippen LogP contribution in [-0.4, -0.2) is 30.6 Å². The van der Waals surface area contributed by atoms with Crippen molar-refractivity contribution in [2.45, 2.75) is 228 Å². The summed E-state index contributed by atoms with van der Waals surface area (Å²) in [7, 11) is 0. The van der Waals surface area contributed by atoms with Gasteiger partial charge in [0.15, 0.2) is 0 Å². The summed E-state index contributed by atoms with van der Waals surface area (Å²) in [5.74, 6) is 11.5. The van der Waals surface area contributed by atoms with E-state index in [2.05, 4.69) is 182 Å². The molecule has 8 N–H and O–H groups in total. The number of hydrogen-bond donors (Lipinski definition) is 7. The molecule has 0 saturated heterocycles. The van der Waals surface area contributed by atoms with Gasteiger partial charge in [-0.05, 0) is 276 Å². The maximum atomic E-state index is 8.63. The number of nitrogens with two attached hydrogens (primary N) is 1. The Morgan fingerprint density at radius 1 is 0.231 bits per heavy atom. The van der Waals surface area contributed by atoms with Crippen LogP contribution in [-0.2, 0) is 12.8 Å². The molecular formula is C114H157NO6. The van der Waals surface area contributed by atoms with Gasteiger partial charge in [-0.1, -0.05) is 388 Å². The van der Waals surface area contributed by atoms with Crippen molar-refractivity contribution in [3.05, 3.63) is 367 Å². The molecule has 8 atom stereocenters. The van der Waals surface area contributed by atoms with E-state index in [-0.39, 0.29) is 0 Å². The number of fused-ring (bicyclic) bond motifs is 10. The second-order valence-electron chi connectivity index (χ2n) is 29.5. The summed E-state index contributed by atoms with van der Waals surface area (Å²) in [4.78, 5) is 0. The highest BCUT2D eigenvalue weighted by Crippen LogP contribution is 2.59. The van der Waals surface area contributed by atoms with Crippen LogP contribution in [0.3, 0.4) is 0 Å². The first-order valence-corrected chi connectivity index (χ1v) is 45.6. The Bertz CT molecular complexity index is 3820. The van der Waals surface area contributed by atoms with Gasteiger partial charge in [0.1, 0.15) is 34.5 Å². The highest BCUT2D eigenvalue weighted by molar-refractivity contribution is 5.65. The number of aromatic hydroxyl groups is 6. The molecule has 7 heteroatoms. The second kappa shape index (κ2) is 69.0. The van der Waals surface area contributed by atoms with E-state index in [0.29, 0.717) is 34.5 Å². The van der Waals surface area contributed by atoms with Gasteiger partial charge in [-0.15, -0.1) is 0 Å². The van der Waals surface area contributed by atoms with E-state index in [1.54, 1.807) is 223 Å². The number of rotatable bonds is 5. The number of nitrogen functional groups attached to an aromatic ring is 1. The van der Waals surface area contributed by atoms with E-state index in [4.69, 9.17) is 36.4 Å². The number of phenolic OH excluding ortho intramolecular Hbond substituents is 6. The summed E-state index contributed by atoms with van der Waals surface area (Å²) < 4.78 is 0. The fourth-order valence-electron chi connectivity index (χ4n) is 15.4. The van der Waals surface area contributed by atoms with Crippen molar-refractivity contribution in [3.63, 3.8) is 0 Å². The van der Waals surface area contributed by atoms with Crippen molar-refractivity contribution in [2.24, 2.45) is 47.3 Å². The highest BCUT2D eigenvalue weighted by atomic mass is 16.3. The summed E-state index contributed by atoms with van der Waals surface area (Å²) >= 11 is 0. The number of aryl methyl sites for hydroxylation is 5. The van der Waals surface area contributed by atoms with Crippen LogP contribution < -0.4 is 5.73 Å². The van der Waals surface area contributed by atoms with Gasteiger partial charge in [0.2, 0.25) is 0 Å².